The van der Waals surface area contributed by atoms with Gasteiger partial charge in [-0.1, -0.05) is 66.7 Å². The predicted octanol–water partition coefficient (Wildman–Crippen LogP) is 3.45. The Morgan fingerprint density at radius 1 is 0.923 bits per heavy atom. The smallest absolute Gasteiger partial charge is 0.214 e. The number of benzene rings is 3. The van der Waals surface area contributed by atoms with Crippen molar-refractivity contribution in [1.82, 2.24) is 10.7 Å². The summed E-state index contributed by atoms with van der Waals surface area (Å²) in [5.41, 5.74) is 6.00. The van der Waals surface area contributed by atoms with Crippen LogP contribution in [-0.4, -0.2) is 23.2 Å². The first kappa shape index (κ1) is 16.4. The first-order chi connectivity index (χ1) is 12.7. The monoisotopic (exact) mass is 359 g/mol. The van der Waals surface area contributed by atoms with E-state index in [0.29, 0.717) is 22.9 Å². The van der Waals surface area contributed by atoms with Gasteiger partial charge in [0.05, 0.1) is 0 Å². The van der Waals surface area contributed by atoms with E-state index in [1.165, 1.54) is 5.56 Å². The Labute approximate surface area is 156 Å². The highest BCUT2D eigenvalue weighted by molar-refractivity contribution is 7.80. The fourth-order valence-electron chi connectivity index (χ4n) is 3.20. The zero-order chi connectivity index (χ0) is 17.9. The molecule has 26 heavy (non-hydrogen) atoms. The number of nitrogens with one attached hydrogen (secondary N) is 2. The molecule has 5 heteroatoms. The summed E-state index contributed by atoms with van der Waals surface area (Å²) in [6.07, 6.45) is 0.864. The molecule has 4 nitrogen and oxygen atoms in total. The number of carbonyl (C=O) groups excluding carboxylic acids is 1. The van der Waals surface area contributed by atoms with Gasteiger partial charge >= 0.3 is 0 Å². The molecule has 2 N–H and O–H groups in total. The summed E-state index contributed by atoms with van der Waals surface area (Å²) >= 11 is 5.27. The number of ketones is 1. The second-order valence-corrected chi connectivity index (χ2v) is 6.51. The van der Waals surface area contributed by atoms with Gasteiger partial charge in [0.2, 0.25) is 5.78 Å². The third-order valence-electron chi connectivity index (χ3n) is 4.43. The minimum absolute atomic E-state index is 0.0728. The molecule has 0 unspecified atom stereocenters. The summed E-state index contributed by atoms with van der Waals surface area (Å²) in [5.74, 6) is -0.0728. The summed E-state index contributed by atoms with van der Waals surface area (Å²) in [4.78, 5) is 12.7. The lowest BCUT2D eigenvalue weighted by atomic mass is 10.1. The van der Waals surface area contributed by atoms with Crippen molar-refractivity contribution >= 4 is 39.6 Å². The standard InChI is InChI=1S/C21H17N3OS/c25-20-17-11-5-9-15-8-4-10-16(18(15)17)19(20)23-24-21(26)22-13-12-14-6-2-1-3-7-14/h1-11H,12-13H2,(H2,22,24,26). The summed E-state index contributed by atoms with van der Waals surface area (Å²) < 4.78 is 0. The van der Waals surface area contributed by atoms with E-state index in [-0.39, 0.29) is 5.78 Å². The molecule has 1 aliphatic carbocycles. The Hall–Kier alpha value is -3.05. The molecule has 0 heterocycles. The molecule has 0 saturated heterocycles. The quantitative estimate of drug-likeness (QED) is 0.553. The molecular weight excluding hydrogens is 342 g/mol. The van der Waals surface area contributed by atoms with E-state index in [2.05, 4.69) is 28.0 Å². The molecule has 0 atom stereocenters. The van der Waals surface area contributed by atoms with Crippen molar-refractivity contribution in [1.29, 1.82) is 0 Å². The highest BCUT2D eigenvalue weighted by atomic mass is 32.1. The Balaban J connectivity index is 1.44. The fourth-order valence-corrected chi connectivity index (χ4v) is 3.35. The lowest BCUT2D eigenvalue weighted by Crippen LogP contribution is -2.34. The Morgan fingerprint density at radius 2 is 1.65 bits per heavy atom. The molecule has 0 saturated carbocycles. The van der Waals surface area contributed by atoms with Gasteiger partial charge in [-0.2, -0.15) is 5.10 Å². The molecule has 0 amide bonds. The van der Waals surface area contributed by atoms with E-state index in [9.17, 15) is 4.79 Å². The molecule has 0 aliphatic heterocycles. The van der Waals surface area contributed by atoms with Crippen molar-refractivity contribution in [3.05, 3.63) is 83.4 Å². The van der Waals surface area contributed by atoms with Gasteiger partial charge in [-0.05, 0) is 29.6 Å². The van der Waals surface area contributed by atoms with Crippen molar-refractivity contribution in [2.75, 3.05) is 6.54 Å². The van der Waals surface area contributed by atoms with Crippen LogP contribution in [0, 0.1) is 0 Å². The summed E-state index contributed by atoms with van der Waals surface area (Å²) in [5, 5.41) is 9.81. The Kier molecular flexibility index (Phi) is 4.46. The van der Waals surface area contributed by atoms with Crippen molar-refractivity contribution in [2.24, 2.45) is 5.10 Å². The first-order valence-corrected chi connectivity index (χ1v) is 8.87. The number of hydrogen-bond acceptors (Lipinski definition) is 3. The van der Waals surface area contributed by atoms with Crippen LogP contribution in [0.25, 0.3) is 10.8 Å². The fraction of sp³-hybridized carbons (Fsp3) is 0.0952. The molecular formula is C21H17N3OS. The van der Waals surface area contributed by atoms with E-state index >= 15 is 0 Å². The lowest BCUT2D eigenvalue weighted by molar-refractivity contribution is 0.106. The van der Waals surface area contributed by atoms with Crippen molar-refractivity contribution < 1.29 is 4.79 Å². The van der Waals surface area contributed by atoms with E-state index in [0.717, 1.165) is 22.8 Å². The third-order valence-corrected chi connectivity index (χ3v) is 4.67. The van der Waals surface area contributed by atoms with Crippen LogP contribution in [0.4, 0.5) is 0 Å². The van der Waals surface area contributed by atoms with E-state index < -0.39 is 0 Å². The normalized spacial score (nSPS) is 14.0. The van der Waals surface area contributed by atoms with Gasteiger partial charge in [-0.25, -0.2) is 0 Å². The number of hydrogen-bond donors (Lipinski definition) is 2. The van der Waals surface area contributed by atoms with Gasteiger partial charge in [0.25, 0.3) is 0 Å². The van der Waals surface area contributed by atoms with Gasteiger partial charge in [-0.3, -0.25) is 10.2 Å². The molecule has 128 valence electrons. The number of Topliss-reactive ketones (excluding diaryl/α,β-unsaturated/α-hetero) is 1. The maximum absolute atomic E-state index is 12.7. The molecule has 0 bridgehead atoms. The average Bonchev–Trinajstić information content (AvgIpc) is 2.95. The largest absolute Gasteiger partial charge is 0.361 e. The highest BCUT2D eigenvalue weighted by Gasteiger charge is 2.28. The van der Waals surface area contributed by atoms with E-state index in [4.69, 9.17) is 12.2 Å². The van der Waals surface area contributed by atoms with Crippen LogP contribution in [0.2, 0.25) is 0 Å². The van der Waals surface area contributed by atoms with Crippen LogP contribution in [0.5, 0.6) is 0 Å². The van der Waals surface area contributed by atoms with Crippen LogP contribution in [0.15, 0.2) is 71.8 Å². The molecule has 0 spiro atoms. The summed E-state index contributed by atoms with van der Waals surface area (Å²) in [7, 11) is 0. The minimum atomic E-state index is -0.0728. The van der Waals surface area contributed by atoms with Gasteiger partial charge in [-0.15, -0.1) is 0 Å². The predicted molar refractivity (Wildman–Crippen MR) is 109 cm³/mol. The van der Waals surface area contributed by atoms with Gasteiger partial charge in [0, 0.05) is 23.1 Å². The Morgan fingerprint density at radius 3 is 2.42 bits per heavy atom. The van der Waals surface area contributed by atoms with Gasteiger partial charge in [0.15, 0.2) is 5.11 Å². The van der Waals surface area contributed by atoms with E-state index in [1.54, 1.807) is 0 Å². The topological polar surface area (TPSA) is 53.5 Å². The maximum atomic E-state index is 12.7. The summed E-state index contributed by atoms with van der Waals surface area (Å²) in [6.45, 7) is 0.699. The first-order valence-electron chi connectivity index (χ1n) is 8.46. The third kappa shape index (κ3) is 3.09. The van der Waals surface area contributed by atoms with Crippen LogP contribution in [0.3, 0.4) is 0 Å². The molecule has 4 rings (SSSR count). The Bertz CT molecular complexity index is 1020. The zero-order valence-corrected chi connectivity index (χ0v) is 14.8. The van der Waals surface area contributed by atoms with Gasteiger partial charge < -0.3 is 5.32 Å². The molecule has 1 aliphatic rings. The highest BCUT2D eigenvalue weighted by Crippen LogP contribution is 2.30. The number of nitrogens with zero attached hydrogens (tertiary/aromatic N) is 1. The number of thiocarbonyl (C=S) groups is 1. The van der Waals surface area contributed by atoms with Crippen molar-refractivity contribution in [3.63, 3.8) is 0 Å². The van der Waals surface area contributed by atoms with Crippen LogP contribution < -0.4 is 10.7 Å². The van der Waals surface area contributed by atoms with Crippen molar-refractivity contribution in [2.45, 2.75) is 6.42 Å². The van der Waals surface area contributed by atoms with Crippen LogP contribution in [-0.2, 0) is 6.42 Å². The molecule has 3 aromatic rings. The number of rotatable bonds is 4. The second kappa shape index (κ2) is 7.06. The molecule has 0 radical (unpaired) electrons. The van der Waals surface area contributed by atoms with Crippen LogP contribution >= 0.6 is 12.2 Å². The summed E-state index contributed by atoms with van der Waals surface area (Å²) in [6, 6.07) is 21.8. The minimum Gasteiger partial charge on any atom is -0.361 e. The molecule has 0 fully saturated rings. The molecule has 0 aromatic heterocycles. The van der Waals surface area contributed by atoms with Crippen LogP contribution in [0.1, 0.15) is 21.5 Å². The average molecular weight is 359 g/mol. The lowest BCUT2D eigenvalue weighted by Gasteiger charge is -2.08. The zero-order valence-electron chi connectivity index (χ0n) is 14.0. The van der Waals surface area contributed by atoms with E-state index in [1.807, 2.05) is 54.6 Å². The van der Waals surface area contributed by atoms with Gasteiger partial charge in [0.1, 0.15) is 5.71 Å². The SMILES string of the molecule is O=C1C(=NNC(=S)NCCc2ccccc2)c2cccc3cccc1c23. The number of hydrazone groups is 1. The molecule has 3 aromatic carbocycles. The van der Waals surface area contributed by atoms with Crippen molar-refractivity contribution in [3.8, 4) is 0 Å². The number of carbonyl (C=O) groups is 1. The second-order valence-electron chi connectivity index (χ2n) is 6.10. The maximum Gasteiger partial charge on any atom is 0.214 e.